The first-order valence-electron chi connectivity index (χ1n) is 5.83. The third-order valence-corrected chi connectivity index (χ3v) is 3.38. The van der Waals surface area contributed by atoms with Crippen LogP contribution in [0, 0.1) is 11.8 Å². The van der Waals surface area contributed by atoms with Gasteiger partial charge in [0, 0.05) is 24.8 Å². The molecular formula is C12H21NO2. The molecule has 86 valence electrons. The Morgan fingerprint density at radius 3 is 2.13 bits per heavy atom. The zero-order valence-electron chi connectivity index (χ0n) is 9.71. The number of hydrogen-bond donors (Lipinski definition) is 1. The molecule has 3 heteroatoms. The molecular weight excluding hydrogens is 190 g/mol. The van der Waals surface area contributed by atoms with E-state index in [-0.39, 0.29) is 17.6 Å². The van der Waals surface area contributed by atoms with Gasteiger partial charge in [0.2, 0.25) is 0 Å². The SMILES string of the molecule is CNCCC(=O)C1CCC(C(C)=O)CC1. The smallest absolute Gasteiger partial charge is 0.137 e. The molecule has 0 aromatic heterocycles. The van der Waals surface area contributed by atoms with E-state index in [2.05, 4.69) is 5.32 Å². The minimum atomic E-state index is 0.217. The summed E-state index contributed by atoms with van der Waals surface area (Å²) in [5.41, 5.74) is 0. The van der Waals surface area contributed by atoms with E-state index in [1.54, 1.807) is 6.92 Å². The summed E-state index contributed by atoms with van der Waals surface area (Å²) in [7, 11) is 1.86. The fraction of sp³-hybridized carbons (Fsp3) is 0.833. The van der Waals surface area contributed by atoms with Gasteiger partial charge in [-0.3, -0.25) is 9.59 Å². The molecule has 1 saturated carbocycles. The van der Waals surface area contributed by atoms with Gasteiger partial charge in [-0.2, -0.15) is 0 Å². The first-order valence-corrected chi connectivity index (χ1v) is 5.83. The highest BCUT2D eigenvalue weighted by atomic mass is 16.1. The van der Waals surface area contributed by atoms with Crippen LogP contribution in [0.1, 0.15) is 39.0 Å². The largest absolute Gasteiger partial charge is 0.319 e. The molecule has 0 heterocycles. The molecule has 0 radical (unpaired) electrons. The van der Waals surface area contributed by atoms with Gasteiger partial charge in [0.15, 0.2) is 0 Å². The number of ketones is 2. The third-order valence-electron chi connectivity index (χ3n) is 3.38. The van der Waals surface area contributed by atoms with Crippen LogP contribution in [0.25, 0.3) is 0 Å². The molecule has 0 aliphatic heterocycles. The van der Waals surface area contributed by atoms with Crippen LogP contribution in [0.4, 0.5) is 0 Å². The highest BCUT2D eigenvalue weighted by Crippen LogP contribution is 2.30. The van der Waals surface area contributed by atoms with Gasteiger partial charge in [0.1, 0.15) is 11.6 Å². The van der Waals surface area contributed by atoms with Crippen molar-refractivity contribution in [2.45, 2.75) is 39.0 Å². The highest BCUT2D eigenvalue weighted by molar-refractivity contribution is 5.82. The molecule has 0 aromatic carbocycles. The topological polar surface area (TPSA) is 46.2 Å². The lowest BCUT2D eigenvalue weighted by molar-refractivity contribution is -0.127. The van der Waals surface area contributed by atoms with Gasteiger partial charge in [0.25, 0.3) is 0 Å². The van der Waals surface area contributed by atoms with Crippen molar-refractivity contribution in [2.75, 3.05) is 13.6 Å². The summed E-state index contributed by atoms with van der Waals surface area (Å²) in [6.45, 7) is 2.43. The van der Waals surface area contributed by atoms with Crippen molar-refractivity contribution < 1.29 is 9.59 Å². The van der Waals surface area contributed by atoms with E-state index in [0.717, 1.165) is 32.2 Å². The van der Waals surface area contributed by atoms with Crippen molar-refractivity contribution in [3.63, 3.8) is 0 Å². The Morgan fingerprint density at radius 1 is 1.13 bits per heavy atom. The van der Waals surface area contributed by atoms with Crippen LogP contribution in [0.3, 0.4) is 0 Å². The molecule has 0 amide bonds. The Bertz CT molecular complexity index is 230. The van der Waals surface area contributed by atoms with Crippen molar-refractivity contribution in [3.05, 3.63) is 0 Å². The second kappa shape index (κ2) is 6.01. The lowest BCUT2D eigenvalue weighted by atomic mass is 9.78. The Morgan fingerprint density at radius 2 is 1.67 bits per heavy atom. The summed E-state index contributed by atoms with van der Waals surface area (Å²) in [5.74, 6) is 1.09. The summed E-state index contributed by atoms with van der Waals surface area (Å²) >= 11 is 0. The predicted molar refractivity (Wildman–Crippen MR) is 59.7 cm³/mol. The van der Waals surface area contributed by atoms with Gasteiger partial charge >= 0.3 is 0 Å². The second-order valence-electron chi connectivity index (χ2n) is 4.48. The molecule has 15 heavy (non-hydrogen) atoms. The van der Waals surface area contributed by atoms with E-state index in [1.807, 2.05) is 7.05 Å². The number of carbonyl (C=O) groups is 2. The summed E-state index contributed by atoms with van der Waals surface area (Å²) < 4.78 is 0. The standard InChI is InChI=1S/C12H21NO2/c1-9(14)10-3-5-11(6-4-10)12(15)7-8-13-2/h10-11,13H,3-8H2,1-2H3. The summed E-state index contributed by atoms with van der Waals surface area (Å²) in [6, 6.07) is 0. The van der Waals surface area contributed by atoms with E-state index in [4.69, 9.17) is 0 Å². The number of Topliss-reactive ketones (excluding diaryl/α,β-unsaturated/α-hetero) is 2. The lowest BCUT2D eigenvalue weighted by Crippen LogP contribution is -2.26. The molecule has 0 atom stereocenters. The van der Waals surface area contributed by atoms with Gasteiger partial charge < -0.3 is 5.32 Å². The van der Waals surface area contributed by atoms with E-state index >= 15 is 0 Å². The molecule has 1 N–H and O–H groups in total. The minimum Gasteiger partial charge on any atom is -0.319 e. The van der Waals surface area contributed by atoms with Crippen molar-refractivity contribution >= 4 is 11.6 Å². The number of carbonyl (C=O) groups excluding carboxylic acids is 2. The van der Waals surface area contributed by atoms with E-state index < -0.39 is 0 Å². The summed E-state index contributed by atoms with van der Waals surface area (Å²) in [6.07, 6.45) is 4.27. The van der Waals surface area contributed by atoms with Crippen LogP contribution in [-0.4, -0.2) is 25.2 Å². The predicted octanol–water partition coefficient (Wildman–Crippen LogP) is 1.56. The maximum Gasteiger partial charge on any atom is 0.137 e. The van der Waals surface area contributed by atoms with E-state index in [9.17, 15) is 9.59 Å². The lowest BCUT2D eigenvalue weighted by Gasteiger charge is -2.25. The van der Waals surface area contributed by atoms with Crippen LogP contribution in [-0.2, 0) is 9.59 Å². The normalized spacial score (nSPS) is 26.3. The fourth-order valence-electron chi connectivity index (χ4n) is 2.27. The van der Waals surface area contributed by atoms with Crippen LogP contribution < -0.4 is 5.32 Å². The molecule has 1 fully saturated rings. The van der Waals surface area contributed by atoms with E-state index in [0.29, 0.717) is 12.2 Å². The minimum absolute atomic E-state index is 0.217. The fourth-order valence-corrected chi connectivity index (χ4v) is 2.27. The maximum atomic E-state index is 11.7. The van der Waals surface area contributed by atoms with Gasteiger partial charge in [-0.05, 0) is 39.7 Å². The van der Waals surface area contributed by atoms with E-state index in [1.165, 1.54) is 0 Å². The zero-order valence-corrected chi connectivity index (χ0v) is 9.71. The highest BCUT2D eigenvalue weighted by Gasteiger charge is 2.27. The van der Waals surface area contributed by atoms with Crippen LogP contribution in [0.15, 0.2) is 0 Å². The quantitative estimate of drug-likeness (QED) is 0.750. The van der Waals surface area contributed by atoms with Crippen LogP contribution in [0.5, 0.6) is 0 Å². The van der Waals surface area contributed by atoms with Crippen molar-refractivity contribution in [1.82, 2.24) is 5.32 Å². The molecule has 0 saturated heterocycles. The average molecular weight is 211 g/mol. The maximum absolute atomic E-state index is 11.7. The molecule has 0 unspecified atom stereocenters. The molecule has 1 rings (SSSR count). The first kappa shape index (κ1) is 12.4. The number of hydrogen-bond acceptors (Lipinski definition) is 3. The average Bonchev–Trinajstić information content (AvgIpc) is 2.26. The Kier molecular flexibility index (Phi) is 4.95. The number of nitrogens with one attached hydrogen (secondary N) is 1. The summed E-state index contributed by atoms with van der Waals surface area (Å²) in [5, 5.41) is 2.99. The Balaban J connectivity index is 2.30. The van der Waals surface area contributed by atoms with Gasteiger partial charge in [-0.15, -0.1) is 0 Å². The Labute approximate surface area is 91.6 Å². The Hall–Kier alpha value is -0.700. The monoisotopic (exact) mass is 211 g/mol. The molecule has 0 aromatic rings. The van der Waals surface area contributed by atoms with Gasteiger partial charge in [-0.1, -0.05) is 0 Å². The molecule has 0 spiro atoms. The van der Waals surface area contributed by atoms with Crippen molar-refractivity contribution in [2.24, 2.45) is 11.8 Å². The van der Waals surface area contributed by atoms with Crippen LogP contribution >= 0.6 is 0 Å². The van der Waals surface area contributed by atoms with Crippen molar-refractivity contribution in [1.29, 1.82) is 0 Å². The third kappa shape index (κ3) is 3.74. The number of rotatable bonds is 5. The van der Waals surface area contributed by atoms with Crippen molar-refractivity contribution in [3.8, 4) is 0 Å². The molecule has 1 aliphatic carbocycles. The summed E-state index contributed by atoms with van der Waals surface area (Å²) in [4.78, 5) is 22.9. The van der Waals surface area contributed by atoms with Gasteiger partial charge in [0.05, 0.1) is 0 Å². The van der Waals surface area contributed by atoms with Gasteiger partial charge in [-0.25, -0.2) is 0 Å². The first-order chi connectivity index (χ1) is 7.15. The molecule has 3 nitrogen and oxygen atoms in total. The molecule has 0 bridgehead atoms. The van der Waals surface area contributed by atoms with Crippen LogP contribution in [0.2, 0.25) is 0 Å². The second-order valence-corrected chi connectivity index (χ2v) is 4.48. The zero-order chi connectivity index (χ0) is 11.3. The molecule has 1 aliphatic rings.